The normalized spacial score (nSPS) is 22.5. The summed E-state index contributed by atoms with van der Waals surface area (Å²) < 4.78 is 0. The van der Waals surface area contributed by atoms with Gasteiger partial charge in [-0.05, 0) is 31.1 Å². The van der Waals surface area contributed by atoms with Crippen molar-refractivity contribution in [2.24, 2.45) is 5.41 Å². The Bertz CT molecular complexity index is 172. The van der Waals surface area contributed by atoms with Crippen LogP contribution in [0.5, 0.6) is 0 Å². The van der Waals surface area contributed by atoms with Gasteiger partial charge in [0.1, 0.15) is 0 Å². The summed E-state index contributed by atoms with van der Waals surface area (Å²) in [5, 5.41) is 0. The van der Waals surface area contributed by atoms with Crippen molar-refractivity contribution in [2.45, 2.75) is 39.5 Å². The molecule has 0 bridgehead atoms. The van der Waals surface area contributed by atoms with Crippen LogP contribution >= 0.6 is 0 Å². The van der Waals surface area contributed by atoms with Crippen LogP contribution in [0.25, 0.3) is 0 Å². The van der Waals surface area contributed by atoms with Crippen molar-refractivity contribution < 1.29 is 0 Å². The molecule has 0 saturated carbocycles. The van der Waals surface area contributed by atoms with Crippen LogP contribution in [0.4, 0.5) is 0 Å². The number of hydrogen-bond donors (Lipinski definition) is 0. The number of allylic oxidation sites excluding steroid dienone is 3. The SMILES string of the molecule is C=CCC1=CCC(C)(C)CC1. The van der Waals surface area contributed by atoms with Gasteiger partial charge in [-0.3, -0.25) is 0 Å². The molecular weight excluding hydrogens is 132 g/mol. The second-order valence-electron chi connectivity index (χ2n) is 4.22. The Hall–Kier alpha value is -0.520. The lowest BCUT2D eigenvalue weighted by atomic mass is 9.78. The summed E-state index contributed by atoms with van der Waals surface area (Å²) >= 11 is 0. The molecule has 0 nitrogen and oxygen atoms in total. The molecule has 0 radical (unpaired) electrons. The van der Waals surface area contributed by atoms with Gasteiger partial charge in [-0.25, -0.2) is 0 Å². The first-order chi connectivity index (χ1) is 5.14. The molecule has 0 spiro atoms. The fraction of sp³-hybridized carbons (Fsp3) is 0.636. The molecule has 0 saturated heterocycles. The second kappa shape index (κ2) is 3.25. The molecule has 0 unspecified atom stereocenters. The van der Waals surface area contributed by atoms with Gasteiger partial charge in [-0.1, -0.05) is 31.6 Å². The van der Waals surface area contributed by atoms with Gasteiger partial charge in [0.2, 0.25) is 0 Å². The van der Waals surface area contributed by atoms with E-state index in [1.807, 2.05) is 6.08 Å². The third-order valence-electron chi connectivity index (χ3n) is 2.47. The van der Waals surface area contributed by atoms with E-state index >= 15 is 0 Å². The van der Waals surface area contributed by atoms with Crippen molar-refractivity contribution >= 4 is 0 Å². The van der Waals surface area contributed by atoms with Gasteiger partial charge in [0.15, 0.2) is 0 Å². The molecule has 11 heavy (non-hydrogen) atoms. The first-order valence-electron chi connectivity index (χ1n) is 4.43. The Labute approximate surface area is 70.0 Å². The quantitative estimate of drug-likeness (QED) is 0.526. The highest BCUT2D eigenvalue weighted by Gasteiger charge is 2.20. The van der Waals surface area contributed by atoms with E-state index in [1.54, 1.807) is 5.57 Å². The third kappa shape index (κ3) is 2.53. The topological polar surface area (TPSA) is 0 Å². The fourth-order valence-corrected chi connectivity index (χ4v) is 1.49. The summed E-state index contributed by atoms with van der Waals surface area (Å²) in [7, 11) is 0. The zero-order valence-corrected chi connectivity index (χ0v) is 7.69. The largest absolute Gasteiger partial charge is 0.103 e. The first-order valence-corrected chi connectivity index (χ1v) is 4.43. The maximum Gasteiger partial charge on any atom is -0.0142 e. The lowest BCUT2D eigenvalue weighted by molar-refractivity contribution is 0.323. The summed E-state index contributed by atoms with van der Waals surface area (Å²) in [6.07, 6.45) is 9.35. The van der Waals surface area contributed by atoms with E-state index in [0.717, 1.165) is 6.42 Å². The summed E-state index contributed by atoms with van der Waals surface area (Å²) in [5.74, 6) is 0. The predicted octanol–water partition coefficient (Wildman–Crippen LogP) is 3.70. The van der Waals surface area contributed by atoms with Gasteiger partial charge in [-0.2, -0.15) is 0 Å². The van der Waals surface area contributed by atoms with Gasteiger partial charge >= 0.3 is 0 Å². The molecule has 1 rings (SSSR count). The smallest absolute Gasteiger partial charge is 0.0142 e. The maximum atomic E-state index is 3.75. The number of rotatable bonds is 2. The predicted molar refractivity (Wildman–Crippen MR) is 50.5 cm³/mol. The van der Waals surface area contributed by atoms with Crippen molar-refractivity contribution in [1.82, 2.24) is 0 Å². The summed E-state index contributed by atoms with van der Waals surface area (Å²) in [6, 6.07) is 0. The van der Waals surface area contributed by atoms with Gasteiger partial charge in [0, 0.05) is 0 Å². The van der Waals surface area contributed by atoms with Crippen LogP contribution in [0, 0.1) is 5.41 Å². The molecule has 0 aromatic rings. The third-order valence-corrected chi connectivity index (χ3v) is 2.47. The van der Waals surface area contributed by atoms with E-state index in [4.69, 9.17) is 0 Å². The van der Waals surface area contributed by atoms with Crippen molar-refractivity contribution in [1.29, 1.82) is 0 Å². The summed E-state index contributed by atoms with van der Waals surface area (Å²) in [6.45, 7) is 8.43. The van der Waals surface area contributed by atoms with Crippen molar-refractivity contribution in [2.75, 3.05) is 0 Å². The van der Waals surface area contributed by atoms with Crippen LogP contribution in [0.15, 0.2) is 24.3 Å². The minimum atomic E-state index is 0.546. The molecule has 0 fully saturated rings. The molecule has 0 heteroatoms. The van der Waals surface area contributed by atoms with Crippen LogP contribution in [-0.4, -0.2) is 0 Å². The van der Waals surface area contributed by atoms with Crippen molar-refractivity contribution in [3.05, 3.63) is 24.3 Å². The minimum absolute atomic E-state index is 0.546. The average molecular weight is 150 g/mol. The molecule has 0 atom stereocenters. The van der Waals surface area contributed by atoms with Crippen molar-refractivity contribution in [3.63, 3.8) is 0 Å². The average Bonchev–Trinajstić information content (AvgIpc) is 1.94. The zero-order chi connectivity index (χ0) is 8.32. The molecule has 1 aliphatic carbocycles. The molecule has 1 aliphatic rings. The van der Waals surface area contributed by atoms with E-state index in [2.05, 4.69) is 26.5 Å². The van der Waals surface area contributed by atoms with Crippen LogP contribution < -0.4 is 0 Å². The standard InChI is InChI=1S/C11H18/c1-4-5-10-6-8-11(2,3)9-7-10/h4,6H,1,5,7-9H2,2-3H3. The molecule has 62 valence electrons. The maximum absolute atomic E-state index is 3.75. The van der Waals surface area contributed by atoms with Crippen LogP contribution in [0.3, 0.4) is 0 Å². The molecule has 0 N–H and O–H groups in total. The van der Waals surface area contributed by atoms with Crippen LogP contribution in [-0.2, 0) is 0 Å². The van der Waals surface area contributed by atoms with E-state index in [1.165, 1.54) is 19.3 Å². The minimum Gasteiger partial charge on any atom is -0.103 e. The van der Waals surface area contributed by atoms with Gasteiger partial charge < -0.3 is 0 Å². The molecule has 0 heterocycles. The van der Waals surface area contributed by atoms with Gasteiger partial charge in [0.05, 0.1) is 0 Å². The molecular formula is C11H18. The summed E-state index contributed by atoms with van der Waals surface area (Å²) in [4.78, 5) is 0. The van der Waals surface area contributed by atoms with Gasteiger partial charge in [0.25, 0.3) is 0 Å². The van der Waals surface area contributed by atoms with E-state index in [9.17, 15) is 0 Å². The Morgan fingerprint density at radius 2 is 2.36 bits per heavy atom. The van der Waals surface area contributed by atoms with Crippen LogP contribution in [0.1, 0.15) is 39.5 Å². The van der Waals surface area contributed by atoms with E-state index in [-0.39, 0.29) is 0 Å². The highest BCUT2D eigenvalue weighted by Crippen LogP contribution is 2.34. The first kappa shape index (κ1) is 8.58. The summed E-state index contributed by atoms with van der Waals surface area (Å²) in [5.41, 5.74) is 2.13. The lowest BCUT2D eigenvalue weighted by Gasteiger charge is -2.28. The fourth-order valence-electron chi connectivity index (χ4n) is 1.49. The highest BCUT2D eigenvalue weighted by atomic mass is 14.3. The molecule has 0 amide bonds. The van der Waals surface area contributed by atoms with Gasteiger partial charge in [-0.15, -0.1) is 6.58 Å². The number of hydrogen-bond acceptors (Lipinski definition) is 0. The zero-order valence-electron chi connectivity index (χ0n) is 7.69. The Morgan fingerprint density at radius 3 is 2.82 bits per heavy atom. The van der Waals surface area contributed by atoms with Crippen molar-refractivity contribution in [3.8, 4) is 0 Å². The second-order valence-corrected chi connectivity index (χ2v) is 4.22. The Balaban J connectivity index is 2.50. The highest BCUT2D eigenvalue weighted by molar-refractivity contribution is 5.11. The Kier molecular flexibility index (Phi) is 2.53. The van der Waals surface area contributed by atoms with E-state index in [0.29, 0.717) is 5.41 Å². The molecule has 0 aromatic carbocycles. The Morgan fingerprint density at radius 1 is 1.64 bits per heavy atom. The lowest BCUT2D eigenvalue weighted by Crippen LogP contribution is -2.14. The molecule has 0 aliphatic heterocycles. The van der Waals surface area contributed by atoms with Crippen LogP contribution in [0.2, 0.25) is 0 Å². The molecule has 0 aromatic heterocycles. The monoisotopic (exact) mass is 150 g/mol. The van der Waals surface area contributed by atoms with E-state index < -0.39 is 0 Å².